The molecule has 1 spiro atoms. The molecular formula is C26H27FN4O3. The first-order valence-electron chi connectivity index (χ1n) is 11.2. The molecular weight excluding hydrogens is 435 g/mol. The average molecular weight is 463 g/mol. The van der Waals surface area contributed by atoms with Crippen LogP contribution in [0.1, 0.15) is 32.3 Å². The second-order valence-electron chi connectivity index (χ2n) is 9.43. The van der Waals surface area contributed by atoms with Gasteiger partial charge in [-0.05, 0) is 29.7 Å². The van der Waals surface area contributed by atoms with Crippen molar-refractivity contribution in [1.82, 2.24) is 4.90 Å². The van der Waals surface area contributed by atoms with Crippen molar-refractivity contribution in [2.75, 3.05) is 23.8 Å². The van der Waals surface area contributed by atoms with Crippen molar-refractivity contribution in [3.05, 3.63) is 71.6 Å². The lowest BCUT2D eigenvalue weighted by atomic mass is 9.80. The number of para-hydroxylation sites is 2. The minimum absolute atomic E-state index is 0.0472. The van der Waals surface area contributed by atoms with Crippen LogP contribution in [0.4, 0.5) is 15.8 Å². The first-order valence-corrected chi connectivity index (χ1v) is 11.2. The molecule has 2 aliphatic heterocycles. The van der Waals surface area contributed by atoms with Crippen molar-refractivity contribution in [1.29, 1.82) is 0 Å². The summed E-state index contributed by atoms with van der Waals surface area (Å²) < 4.78 is 16.6. The molecule has 0 aliphatic carbocycles. The van der Waals surface area contributed by atoms with Gasteiger partial charge >= 0.3 is 6.17 Å². The maximum atomic E-state index is 16.6. The van der Waals surface area contributed by atoms with Crippen molar-refractivity contribution >= 4 is 29.1 Å². The third-order valence-corrected chi connectivity index (χ3v) is 6.68. The number of alkyl halides is 1. The maximum absolute atomic E-state index is 16.6. The molecule has 2 aromatic rings. The summed E-state index contributed by atoms with van der Waals surface area (Å²) in [6.07, 6.45) is -1.34. The van der Waals surface area contributed by atoms with Gasteiger partial charge in [0.1, 0.15) is 5.41 Å². The van der Waals surface area contributed by atoms with Crippen LogP contribution in [0.5, 0.6) is 0 Å². The predicted octanol–water partition coefficient (Wildman–Crippen LogP) is 3.77. The standard InChI is InChI=1S/C26H27FN4O3/c1-17(2)14-26(27,23(33)30(4)18-10-6-5-7-11-18)24(34)31-16-25(15-21(31)28-3)19-12-8-9-13-20(19)29-22(25)32/h5-13,17,21H,14-16H2,1-2,4H3,(H,29,32)/t21-,25-,26?/m0/s1. The second kappa shape index (κ2) is 8.56. The quantitative estimate of drug-likeness (QED) is 0.543. The Kier molecular flexibility index (Phi) is 5.90. The number of likely N-dealkylation sites (tertiary alicyclic amines) is 1. The summed E-state index contributed by atoms with van der Waals surface area (Å²) >= 11 is 0. The third kappa shape index (κ3) is 3.61. The molecule has 0 aromatic heterocycles. The second-order valence-corrected chi connectivity index (χ2v) is 9.43. The van der Waals surface area contributed by atoms with Gasteiger partial charge in [0.15, 0.2) is 0 Å². The van der Waals surface area contributed by atoms with Crippen LogP contribution in [-0.2, 0) is 19.8 Å². The molecule has 0 radical (unpaired) electrons. The topological polar surface area (TPSA) is 74.1 Å². The molecule has 34 heavy (non-hydrogen) atoms. The monoisotopic (exact) mass is 462 g/mol. The van der Waals surface area contributed by atoms with Gasteiger partial charge in [0.25, 0.3) is 17.5 Å². The summed E-state index contributed by atoms with van der Waals surface area (Å²) in [5.41, 5.74) is -2.25. The van der Waals surface area contributed by atoms with E-state index in [1.807, 2.05) is 0 Å². The molecule has 4 rings (SSSR count). The Morgan fingerprint density at radius 2 is 1.88 bits per heavy atom. The molecule has 8 heteroatoms. The number of nitrogens with zero attached hydrogens (tertiary/aromatic N) is 3. The molecule has 1 unspecified atom stereocenters. The molecule has 176 valence electrons. The zero-order chi connectivity index (χ0) is 24.7. The Morgan fingerprint density at radius 3 is 2.53 bits per heavy atom. The van der Waals surface area contributed by atoms with E-state index in [-0.39, 0.29) is 31.2 Å². The van der Waals surface area contributed by atoms with Crippen LogP contribution < -0.4 is 10.2 Å². The number of carbonyl (C=O) groups excluding carboxylic acids is 3. The highest BCUT2D eigenvalue weighted by Crippen LogP contribution is 2.47. The number of fused-ring (bicyclic) bond motifs is 2. The molecule has 2 aliphatic rings. The molecule has 2 aromatic carbocycles. The number of benzene rings is 2. The van der Waals surface area contributed by atoms with E-state index in [4.69, 9.17) is 6.57 Å². The maximum Gasteiger partial charge on any atom is 0.302 e. The summed E-state index contributed by atoms with van der Waals surface area (Å²) in [5, 5.41) is 2.82. The van der Waals surface area contributed by atoms with E-state index in [1.165, 1.54) is 7.05 Å². The molecule has 3 atom stereocenters. The first-order chi connectivity index (χ1) is 16.1. The lowest BCUT2D eigenvalue weighted by molar-refractivity contribution is -0.153. The van der Waals surface area contributed by atoms with Crippen LogP contribution >= 0.6 is 0 Å². The number of halogens is 1. The molecule has 0 saturated carbocycles. The van der Waals surface area contributed by atoms with Gasteiger partial charge in [-0.15, -0.1) is 0 Å². The van der Waals surface area contributed by atoms with Crippen molar-refractivity contribution in [2.24, 2.45) is 5.92 Å². The van der Waals surface area contributed by atoms with Crippen LogP contribution in [0.25, 0.3) is 4.85 Å². The van der Waals surface area contributed by atoms with E-state index >= 15 is 4.39 Å². The Balaban J connectivity index is 1.71. The number of hydrogen-bond donors (Lipinski definition) is 1. The van der Waals surface area contributed by atoms with Gasteiger partial charge in [-0.2, -0.15) is 0 Å². The normalized spacial score (nSPS) is 22.8. The molecule has 1 saturated heterocycles. The SMILES string of the molecule is [C-]#[N+][C@@H]1C[C@@]2(CN1C(=O)C(F)(CC(C)C)C(=O)N(C)c1ccccc1)C(=O)Nc1ccccc12. The summed E-state index contributed by atoms with van der Waals surface area (Å²) in [4.78, 5) is 46.0. The van der Waals surface area contributed by atoms with E-state index in [9.17, 15) is 14.4 Å². The fourth-order valence-corrected chi connectivity index (χ4v) is 5.03. The van der Waals surface area contributed by atoms with E-state index in [2.05, 4.69) is 10.2 Å². The van der Waals surface area contributed by atoms with Crippen molar-refractivity contribution in [3.8, 4) is 0 Å². The fourth-order valence-electron chi connectivity index (χ4n) is 5.03. The van der Waals surface area contributed by atoms with Crippen molar-refractivity contribution < 1.29 is 18.8 Å². The van der Waals surface area contributed by atoms with Gasteiger partial charge in [0.2, 0.25) is 5.91 Å². The van der Waals surface area contributed by atoms with Gasteiger partial charge in [-0.25, -0.2) is 11.0 Å². The first kappa shape index (κ1) is 23.4. The molecule has 2 heterocycles. The van der Waals surface area contributed by atoms with Gasteiger partial charge in [0.05, 0.1) is 6.42 Å². The molecule has 0 bridgehead atoms. The molecule has 1 N–H and O–H groups in total. The zero-order valence-corrected chi connectivity index (χ0v) is 19.4. The number of rotatable bonds is 5. The van der Waals surface area contributed by atoms with Crippen LogP contribution in [0.2, 0.25) is 0 Å². The third-order valence-electron chi connectivity index (χ3n) is 6.68. The molecule has 1 fully saturated rings. The predicted molar refractivity (Wildman–Crippen MR) is 127 cm³/mol. The number of anilines is 2. The number of amides is 3. The lowest BCUT2D eigenvalue weighted by Gasteiger charge is -2.33. The fraction of sp³-hybridized carbons (Fsp3) is 0.385. The molecule has 3 amide bonds. The highest BCUT2D eigenvalue weighted by atomic mass is 19.1. The van der Waals surface area contributed by atoms with Crippen LogP contribution in [0, 0.1) is 12.5 Å². The van der Waals surface area contributed by atoms with Crippen LogP contribution in [-0.4, -0.2) is 48.0 Å². The summed E-state index contributed by atoms with van der Waals surface area (Å²) in [7, 11) is 1.43. The Morgan fingerprint density at radius 1 is 1.24 bits per heavy atom. The average Bonchev–Trinajstić information content (AvgIpc) is 3.36. The Labute approximate surface area is 198 Å². The minimum atomic E-state index is -2.87. The summed E-state index contributed by atoms with van der Waals surface area (Å²) in [6.45, 7) is 11.0. The molecule has 7 nitrogen and oxygen atoms in total. The number of hydrogen-bond acceptors (Lipinski definition) is 3. The van der Waals surface area contributed by atoms with E-state index in [1.54, 1.807) is 68.4 Å². The summed E-state index contributed by atoms with van der Waals surface area (Å²) in [5.74, 6) is -2.68. The Bertz CT molecular complexity index is 1180. The largest absolute Gasteiger partial charge is 0.325 e. The van der Waals surface area contributed by atoms with Gasteiger partial charge < -0.3 is 10.2 Å². The van der Waals surface area contributed by atoms with E-state index in [0.29, 0.717) is 16.9 Å². The highest BCUT2D eigenvalue weighted by Gasteiger charge is 2.62. The summed E-state index contributed by atoms with van der Waals surface area (Å²) in [6, 6.07) is 15.7. The number of carbonyl (C=O) groups is 3. The lowest BCUT2D eigenvalue weighted by Crippen LogP contribution is -2.57. The highest BCUT2D eigenvalue weighted by molar-refractivity contribution is 6.15. The van der Waals surface area contributed by atoms with Gasteiger partial charge in [-0.3, -0.25) is 24.1 Å². The van der Waals surface area contributed by atoms with E-state index in [0.717, 1.165) is 9.80 Å². The van der Waals surface area contributed by atoms with Crippen LogP contribution in [0.3, 0.4) is 0 Å². The number of nitrogens with one attached hydrogen (secondary N) is 1. The Hall–Kier alpha value is -3.73. The van der Waals surface area contributed by atoms with Gasteiger partial charge in [-0.1, -0.05) is 50.2 Å². The zero-order valence-electron chi connectivity index (χ0n) is 19.4. The van der Waals surface area contributed by atoms with Crippen LogP contribution in [0.15, 0.2) is 54.6 Å². The van der Waals surface area contributed by atoms with Gasteiger partial charge in [0, 0.05) is 31.4 Å². The minimum Gasteiger partial charge on any atom is -0.325 e. The smallest absolute Gasteiger partial charge is 0.302 e. The van der Waals surface area contributed by atoms with Crippen molar-refractivity contribution in [3.63, 3.8) is 0 Å². The van der Waals surface area contributed by atoms with E-state index < -0.39 is 29.1 Å². The van der Waals surface area contributed by atoms with Crippen molar-refractivity contribution in [2.45, 2.75) is 43.9 Å².